The normalized spacial score (nSPS) is 13.2. The molecular formula is C44H39N3O2S. The Bertz CT molecular complexity index is 2450. The van der Waals surface area contributed by atoms with Gasteiger partial charge in [-0.05, 0) is 90.9 Å². The molecule has 2 N–H and O–H groups in total. The van der Waals surface area contributed by atoms with E-state index >= 15 is 0 Å². The summed E-state index contributed by atoms with van der Waals surface area (Å²) in [6.07, 6.45) is 14.0. The lowest BCUT2D eigenvalue weighted by Gasteiger charge is -2.13. The van der Waals surface area contributed by atoms with E-state index in [0.29, 0.717) is 5.84 Å². The minimum Gasteiger partial charge on any atom is -0.456 e. The molecule has 2 aromatic heterocycles. The molecule has 0 fully saturated rings. The van der Waals surface area contributed by atoms with Crippen LogP contribution >= 0.6 is 11.9 Å². The predicted molar refractivity (Wildman–Crippen MR) is 212 cm³/mol. The van der Waals surface area contributed by atoms with Gasteiger partial charge in [0.15, 0.2) is 0 Å². The first-order valence-electron chi connectivity index (χ1n) is 17.0. The maximum absolute atomic E-state index is 8.95. The van der Waals surface area contributed by atoms with Gasteiger partial charge in [-0.1, -0.05) is 111 Å². The Morgan fingerprint density at radius 3 is 2.42 bits per heavy atom. The van der Waals surface area contributed by atoms with Crippen LogP contribution in [0.4, 0.5) is 0 Å². The number of furan rings is 2. The van der Waals surface area contributed by atoms with Crippen molar-refractivity contribution < 1.29 is 8.83 Å². The van der Waals surface area contributed by atoms with Gasteiger partial charge in [-0.3, -0.25) is 5.41 Å². The van der Waals surface area contributed by atoms with Crippen LogP contribution in [0.5, 0.6) is 0 Å². The van der Waals surface area contributed by atoms with Gasteiger partial charge in [-0.2, -0.15) is 0 Å². The SMILES string of the molecule is C/C=C\Cc1cc(C(=NC(=N)C(C)/C=C\C=C/CC)NSc2ccc3c(c2)oc2cccc(-c4ccccc4)c23)cc2oc3ccccc3c12. The Hall–Kier alpha value is -5.59. The van der Waals surface area contributed by atoms with Gasteiger partial charge < -0.3 is 13.6 Å². The molecule has 248 valence electrons. The first kappa shape index (κ1) is 32.9. The van der Waals surface area contributed by atoms with Crippen molar-refractivity contribution in [2.75, 3.05) is 0 Å². The molecule has 5 nitrogen and oxygen atoms in total. The molecular weight excluding hydrogens is 635 g/mol. The van der Waals surface area contributed by atoms with Gasteiger partial charge in [-0.15, -0.1) is 0 Å². The van der Waals surface area contributed by atoms with Gasteiger partial charge in [0.1, 0.15) is 34.0 Å². The van der Waals surface area contributed by atoms with Crippen LogP contribution < -0.4 is 4.72 Å². The molecule has 0 spiro atoms. The van der Waals surface area contributed by atoms with E-state index in [4.69, 9.17) is 19.2 Å². The molecule has 7 rings (SSSR count). The fourth-order valence-electron chi connectivity index (χ4n) is 6.22. The van der Waals surface area contributed by atoms with Crippen molar-refractivity contribution in [1.82, 2.24) is 4.72 Å². The monoisotopic (exact) mass is 673 g/mol. The van der Waals surface area contributed by atoms with Crippen LogP contribution in [0.2, 0.25) is 0 Å². The summed E-state index contributed by atoms with van der Waals surface area (Å²) in [5.41, 5.74) is 7.62. The number of benzene rings is 5. The quantitative estimate of drug-likeness (QED) is 0.0498. The summed E-state index contributed by atoms with van der Waals surface area (Å²) in [5, 5.41) is 13.3. The van der Waals surface area contributed by atoms with Gasteiger partial charge >= 0.3 is 0 Å². The first-order chi connectivity index (χ1) is 24.5. The number of aliphatic imine (C=N–C) groups is 1. The largest absolute Gasteiger partial charge is 0.456 e. The number of nitrogens with zero attached hydrogens (tertiary/aromatic N) is 1. The van der Waals surface area contributed by atoms with Gasteiger partial charge in [0.25, 0.3) is 0 Å². The number of amidine groups is 2. The van der Waals surface area contributed by atoms with Crippen molar-refractivity contribution in [3.05, 3.63) is 151 Å². The fraction of sp³-hybridized carbons (Fsp3) is 0.136. The Labute approximate surface area is 296 Å². The highest BCUT2D eigenvalue weighted by molar-refractivity contribution is 7.98. The van der Waals surface area contributed by atoms with E-state index in [9.17, 15) is 0 Å². The van der Waals surface area contributed by atoms with E-state index in [1.807, 2.05) is 74.5 Å². The van der Waals surface area contributed by atoms with Crippen LogP contribution in [0, 0.1) is 11.3 Å². The maximum Gasteiger partial charge on any atom is 0.145 e. The van der Waals surface area contributed by atoms with Gasteiger partial charge in [0.05, 0.1) is 0 Å². The summed E-state index contributed by atoms with van der Waals surface area (Å²) in [6, 6.07) is 35.3. The summed E-state index contributed by atoms with van der Waals surface area (Å²) in [6.45, 7) is 6.13. The highest BCUT2D eigenvalue weighted by Crippen LogP contribution is 2.38. The van der Waals surface area contributed by atoms with Crippen molar-refractivity contribution >= 4 is 67.5 Å². The van der Waals surface area contributed by atoms with E-state index in [2.05, 4.69) is 90.5 Å². The third kappa shape index (κ3) is 6.80. The zero-order chi connectivity index (χ0) is 34.5. The lowest BCUT2D eigenvalue weighted by molar-refractivity contribution is 0.667. The van der Waals surface area contributed by atoms with E-state index in [0.717, 1.165) is 83.9 Å². The molecule has 0 radical (unpaired) electrons. The number of hydrogen-bond acceptors (Lipinski definition) is 4. The molecule has 2 heterocycles. The van der Waals surface area contributed by atoms with E-state index < -0.39 is 0 Å². The van der Waals surface area contributed by atoms with Crippen LogP contribution in [0.15, 0.2) is 158 Å². The standard InChI is InChI=1S/C44H39N3O2S/c1-4-6-8-10-16-29(3)43(45)46-44(32-26-31(17-7-5-2)41-35-20-13-14-22-37(35)48-40(41)27-32)47-50-33-24-25-36-39(28-33)49-38-23-15-21-34(42(36)38)30-18-11-9-12-19-30/h5-16,18-29H,4,17H2,1-3H3,(H2,45,46,47)/b7-5-,8-6-,16-10-. The molecule has 0 aliphatic heterocycles. The zero-order valence-corrected chi connectivity index (χ0v) is 29.3. The van der Waals surface area contributed by atoms with E-state index in [1.165, 1.54) is 11.9 Å². The van der Waals surface area contributed by atoms with Crippen LogP contribution in [-0.4, -0.2) is 11.7 Å². The van der Waals surface area contributed by atoms with Crippen LogP contribution in [0.1, 0.15) is 38.3 Å². The highest BCUT2D eigenvalue weighted by atomic mass is 32.2. The van der Waals surface area contributed by atoms with Crippen molar-refractivity contribution in [3.8, 4) is 11.1 Å². The molecule has 7 aromatic rings. The Morgan fingerprint density at radius 1 is 0.800 bits per heavy atom. The van der Waals surface area contributed by atoms with E-state index in [-0.39, 0.29) is 11.8 Å². The van der Waals surface area contributed by atoms with Gasteiger partial charge in [0.2, 0.25) is 0 Å². The average molecular weight is 674 g/mol. The molecule has 5 aromatic carbocycles. The minimum absolute atomic E-state index is 0.179. The average Bonchev–Trinajstić information content (AvgIpc) is 3.72. The van der Waals surface area contributed by atoms with Crippen molar-refractivity contribution in [3.63, 3.8) is 0 Å². The Balaban J connectivity index is 1.27. The Morgan fingerprint density at radius 2 is 1.58 bits per heavy atom. The van der Waals surface area contributed by atoms with Crippen molar-refractivity contribution in [2.24, 2.45) is 10.9 Å². The minimum atomic E-state index is -0.179. The summed E-state index contributed by atoms with van der Waals surface area (Å²) in [7, 11) is 0. The van der Waals surface area contributed by atoms with Crippen LogP contribution in [-0.2, 0) is 6.42 Å². The molecule has 0 saturated heterocycles. The van der Waals surface area contributed by atoms with Crippen molar-refractivity contribution in [2.45, 2.75) is 38.5 Å². The van der Waals surface area contributed by atoms with E-state index in [1.54, 1.807) is 0 Å². The third-order valence-electron chi connectivity index (χ3n) is 8.77. The molecule has 0 aliphatic rings. The highest BCUT2D eigenvalue weighted by Gasteiger charge is 2.18. The number of nitrogens with one attached hydrogen (secondary N) is 2. The number of hydrogen-bond donors (Lipinski definition) is 2. The smallest absolute Gasteiger partial charge is 0.145 e. The summed E-state index contributed by atoms with van der Waals surface area (Å²) in [4.78, 5) is 5.86. The first-order valence-corrected chi connectivity index (χ1v) is 17.9. The second-order valence-corrected chi connectivity index (χ2v) is 13.1. The number of allylic oxidation sites excluding steroid dienone is 5. The summed E-state index contributed by atoms with van der Waals surface area (Å²) < 4.78 is 16.3. The molecule has 0 saturated carbocycles. The van der Waals surface area contributed by atoms with Crippen molar-refractivity contribution in [1.29, 1.82) is 5.41 Å². The van der Waals surface area contributed by atoms with Gasteiger partial charge in [0, 0.05) is 37.9 Å². The van der Waals surface area contributed by atoms with Gasteiger partial charge in [-0.25, -0.2) is 4.99 Å². The number of rotatable bonds is 10. The van der Waals surface area contributed by atoms with Crippen LogP contribution in [0.3, 0.4) is 0 Å². The number of para-hydroxylation sites is 1. The summed E-state index contributed by atoms with van der Waals surface area (Å²) >= 11 is 1.45. The summed E-state index contributed by atoms with van der Waals surface area (Å²) in [5.74, 6) is 0.668. The lowest BCUT2D eigenvalue weighted by Crippen LogP contribution is -2.21. The molecule has 1 unspecified atom stereocenters. The second kappa shape index (κ2) is 14.9. The maximum atomic E-state index is 8.95. The second-order valence-electron chi connectivity index (χ2n) is 12.2. The van der Waals surface area contributed by atoms with Crippen LogP contribution in [0.25, 0.3) is 55.0 Å². The molecule has 6 heteroatoms. The third-order valence-corrected chi connectivity index (χ3v) is 9.56. The molecule has 0 aliphatic carbocycles. The molecule has 50 heavy (non-hydrogen) atoms. The molecule has 0 amide bonds. The molecule has 0 bridgehead atoms. The molecule has 1 atom stereocenters. The Kier molecular flexibility index (Phi) is 9.81. The topological polar surface area (TPSA) is 74.5 Å². The predicted octanol–water partition coefficient (Wildman–Crippen LogP) is 12.5. The fourth-order valence-corrected chi connectivity index (χ4v) is 6.90. The number of fused-ring (bicyclic) bond motifs is 6. The zero-order valence-electron chi connectivity index (χ0n) is 28.4. The lowest BCUT2D eigenvalue weighted by atomic mass is 10.00.